The first-order valence-electron chi connectivity index (χ1n) is 6.80. The van der Waals surface area contributed by atoms with E-state index in [9.17, 15) is 4.79 Å². The van der Waals surface area contributed by atoms with Gasteiger partial charge in [-0.15, -0.1) is 0 Å². The molecule has 1 N–H and O–H groups in total. The van der Waals surface area contributed by atoms with Crippen LogP contribution in [0.2, 0.25) is 5.02 Å². The van der Waals surface area contributed by atoms with E-state index in [0.29, 0.717) is 23.7 Å². The fourth-order valence-electron chi connectivity index (χ4n) is 2.02. The van der Waals surface area contributed by atoms with Crippen LogP contribution in [-0.2, 0) is 0 Å². The van der Waals surface area contributed by atoms with E-state index >= 15 is 0 Å². The number of ether oxygens (including phenoxy) is 1. The van der Waals surface area contributed by atoms with Crippen LogP contribution in [0.5, 0.6) is 5.75 Å². The van der Waals surface area contributed by atoms with Gasteiger partial charge in [0, 0.05) is 10.6 Å². The van der Waals surface area contributed by atoms with Crippen LogP contribution in [0.25, 0.3) is 0 Å². The number of rotatable bonds is 5. The largest absolute Gasteiger partial charge is 0.491 e. The number of aryl methyl sites for hydroxylation is 2. The number of hydrogen-bond acceptors (Lipinski definition) is 2. The van der Waals surface area contributed by atoms with E-state index in [1.54, 1.807) is 24.3 Å². The Morgan fingerprint density at radius 2 is 2.00 bits per heavy atom. The van der Waals surface area contributed by atoms with Crippen molar-refractivity contribution >= 4 is 17.5 Å². The first kappa shape index (κ1) is 15.4. The third kappa shape index (κ3) is 4.50. The maximum atomic E-state index is 11.9. The lowest BCUT2D eigenvalue weighted by molar-refractivity contribution is 0.0947. The van der Waals surface area contributed by atoms with E-state index in [-0.39, 0.29) is 5.91 Å². The molecule has 21 heavy (non-hydrogen) atoms. The molecule has 2 aromatic carbocycles. The molecule has 0 unspecified atom stereocenters. The van der Waals surface area contributed by atoms with Gasteiger partial charge >= 0.3 is 0 Å². The van der Waals surface area contributed by atoms with Gasteiger partial charge in [0.1, 0.15) is 12.4 Å². The predicted molar refractivity (Wildman–Crippen MR) is 85.2 cm³/mol. The Balaban J connectivity index is 1.80. The second kappa shape index (κ2) is 7.14. The van der Waals surface area contributed by atoms with Crippen molar-refractivity contribution < 1.29 is 9.53 Å². The molecule has 0 heterocycles. The van der Waals surface area contributed by atoms with Crippen LogP contribution < -0.4 is 10.1 Å². The topological polar surface area (TPSA) is 38.3 Å². The van der Waals surface area contributed by atoms with Gasteiger partial charge in [0.15, 0.2) is 0 Å². The lowest BCUT2D eigenvalue weighted by Crippen LogP contribution is -2.28. The third-order valence-corrected chi connectivity index (χ3v) is 3.30. The zero-order valence-electron chi connectivity index (χ0n) is 12.2. The number of carbonyl (C=O) groups excluding carboxylic acids is 1. The molecule has 110 valence electrons. The van der Waals surface area contributed by atoms with Gasteiger partial charge in [0.25, 0.3) is 5.91 Å². The molecule has 0 saturated carbocycles. The van der Waals surface area contributed by atoms with Gasteiger partial charge in [0.2, 0.25) is 0 Å². The van der Waals surface area contributed by atoms with Gasteiger partial charge < -0.3 is 10.1 Å². The molecule has 2 aromatic rings. The van der Waals surface area contributed by atoms with Crippen LogP contribution in [0.15, 0.2) is 42.5 Å². The minimum absolute atomic E-state index is 0.151. The standard InChI is InChI=1S/C17H18ClNO2/c1-12-6-7-16(13(2)10-12)21-9-8-19-17(20)14-4-3-5-15(18)11-14/h3-7,10-11H,8-9H2,1-2H3,(H,19,20). The summed E-state index contributed by atoms with van der Waals surface area (Å²) in [5.41, 5.74) is 2.85. The molecule has 0 fully saturated rings. The van der Waals surface area contributed by atoms with Crippen LogP contribution in [-0.4, -0.2) is 19.1 Å². The second-order valence-electron chi connectivity index (χ2n) is 4.88. The van der Waals surface area contributed by atoms with Crippen molar-refractivity contribution in [1.82, 2.24) is 5.32 Å². The molecule has 0 atom stereocenters. The molecule has 0 radical (unpaired) electrons. The normalized spacial score (nSPS) is 10.2. The number of nitrogens with one attached hydrogen (secondary N) is 1. The van der Waals surface area contributed by atoms with Gasteiger partial charge in [-0.3, -0.25) is 4.79 Å². The highest BCUT2D eigenvalue weighted by atomic mass is 35.5. The second-order valence-corrected chi connectivity index (χ2v) is 5.32. The number of hydrogen-bond donors (Lipinski definition) is 1. The summed E-state index contributed by atoms with van der Waals surface area (Å²) < 4.78 is 5.66. The highest BCUT2D eigenvalue weighted by Crippen LogP contribution is 2.18. The highest BCUT2D eigenvalue weighted by Gasteiger charge is 2.05. The van der Waals surface area contributed by atoms with Crippen molar-refractivity contribution in [2.45, 2.75) is 13.8 Å². The molecule has 1 amide bonds. The summed E-state index contributed by atoms with van der Waals surface area (Å²) in [5.74, 6) is 0.694. The van der Waals surface area contributed by atoms with Crippen molar-refractivity contribution in [3.63, 3.8) is 0 Å². The van der Waals surface area contributed by atoms with Crippen molar-refractivity contribution in [1.29, 1.82) is 0 Å². The van der Waals surface area contributed by atoms with Crippen LogP contribution in [0, 0.1) is 13.8 Å². The van der Waals surface area contributed by atoms with Gasteiger partial charge in [-0.2, -0.15) is 0 Å². The van der Waals surface area contributed by atoms with Gasteiger partial charge in [-0.25, -0.2) is 0 Å². The maximum absolute atomic E-state index is 11.9. The Morgan fingerprint density at radius 3 is 2.71 bits per heavy atom. The number of halogens is 1. The molecule has 2 rings (SSSR count). The summed E-state index contributed by atoms with van der Waals surface area (Å²) in [6.45, 7) is 4.92. The number of benzene rings is 2. The molecular formula is C17H18ClNO2. The molecule has 0 aliphatic heterocycles. The summed E-state index contributed by atoms with van der Waals surface area (Å²) in [5, 5.41) is 3.35. The maximum Gasteiger partial charge on any atom is 0.251 e. The van der Waals surface area contributed by atoms with E-state index in [1.165, 1.54) is 5.56 Å². The summed E-state index contributed by atoms with van der Waals surface area (Å²) in [6.07, 6.45) is 0. The summed E-state index contributed by atoms with van der Waals surface area (Å²) >= 11 is 5.86. The molecule has 3 nitrogen and oxygen atoms in total. The van der Waals surface area contributed by atoms with Crippen LogP contribution in [0.1, 0.15) is 21.5 Å². The van der Waals surface area contributed by atoms with Crippen molar-refractivity contribution in [3.05, 3.63) is 64.2 Å². The first-order chi connectivity index (χ1) is 10.1. The summed E-state index contributed by atoms with van der Waals surface area (Å²) in [7, 11) is 0. The third-order valence-electron chi connectivity index (χ3n) is 3.06. The summed E-state index contributed by atoms with van der Waals surface area (Å²) in [4.78, 5) is 11.9. The van der Waals surface area contributed by atoms with E-state index in [0.717, 1.165) is 11.3 Å². The van der Waals surface area contributed by atoms with Crippen molar-refractivity contribution in [3.8, 4) is 5.75 Å². The van der Waals surface area contributed by atoms with Crippen LogP contribution in [0.3, 0.4) is 0 Å². The molecule has 0 aromatic heterocycles. The highest BCUT2D eigenvalue weighted by molar-refractivity contribution is 6.30. The smallest absolute Gasteiger partial charge is 0.251 e. The lowest BCUT2D eigenvalue weighted by Gasteiger charge is -2.10. The fraction of sp³-hybridized carbons (Fsp3) is 0.235. The zero-order chi connectivity index (χ0) is 15.2. The quantitative estimate of drug-likeness (QED) is 0.854. The van der Waals surface area contributed by atoms with E-state index in [1.807, 2.05) is 26.0 Å². The average Bonchev–Trinajstić information content (AvgIpc) is 2.45. The molecule has 0 aliphatic rings. The summed E-state index contributed by atoms with van der Waals surface area (Å²) in [6, 6.07) is 12.9. The SMILES string of the molecule is Cc1ccc(OCCNC(=O)c2cccc(Cl)c2)c(C)c1. The molecule has 0 saturated heterocycles. The Morgan fingerprint density at radius 1 is 1.19 bits per heavy atom. The minimum atomic E-state index is -0.151. The van der Waals surface area contributed by atoms with E-state index in [4.69, 9.17) is 16.3 Å². The van der Waals surface area contributed by atoms with Gasteiger partial charge in [0.05, 0.1) is 6.54 Å². The monoisotopic (exact) mass is 303 g/mol. The first-order valence-corrected chi connectivity index (χ1v) is 7.18. The number of amides is 1. The molecule has 0 spiro atoms. The Kier molecular flexibility index (Phi) is 5.23. The van der Waals surface area contributed by atoms with E-state index < -0.39 is 0 Å². The Bertz CT molecular complexity index is 640. The Hall–Kier alpha value is -2.00. The van der Waals surface area contributed by atoms with Gasteiger partial charge in [-0.05, 0) is 43.7 Å². The van der Waals surface area contributed by atoms with Crippen LogP contribution >= 0.6 is 11.6 Å². The van der Waals surface area contributed by atoms with Crippen molar-refractivity contribution in [2.24, 2.45) is 0 Å². The van der Waals surface area contributed by atoms with Crippen molar-refractivity contribution in [2.75, 3.05) is 13.2 Å². The van der Waals surface area contributed by atoms with E-state index in [2.05, 4.69) is 11.4 Å². The van der Waals surface area contributed by atoms with Gasteiger partial charge in [-0.1, -0.05) is 35.4 Å². The molecule has 0 bridgehead atoms. The molecular weight excluding hydrogens is 286 g/mol. The molecule has 4 heteroatoms. The number of carbonyl (C=O) groups is 1. The fourth-order valence-corrected chi connectivity index (χ4v) is 2.21. The minimum Gasteiger partial charge on any atom is -0.491 e. The van der Waals surface area contributed by atoms with Crippen LogP contribution in [0.4, 0.5) is 0 Å². The zero-order valence-corrected chi connectivity index (χ0v) is 12.9. The molecule has 0 aliphatic carbocycles. The average molecular weight is 304 g/mol. The Labute approximate surface area is 129 Å². The lowest BCUT2D eigenvalue weighted by atomic mass is 10.1. The predicted octanol–water partition coefficient (Wildman–Crippen LogP) is 3.77.